The molecule has 0 unspecified atom stereocenters. The van der Waals surface area contributed by atoms with E-state index in [1.54, 1.807) is 6.92 Å². The molecule has 2 aromatic heterocycles. The second kappa shape index (κ2) is 5.96. The van der Waals surface area contributed by atoms with E-state index in [2.05, 4.69) is 25.0 Å². The van der Waals surface area contributed by atoms with Gasteiger partial charge in [-0.2, -0.15) is 4.98 Å². The molecule has 118 valence electrons. The number of piperazine rings is 1. The van der Waals surface area contributed by atoms with Crippen LogP contribution in [0, 0.1) is 12.7 Å². The van der Waals surface area contributed by atoms with Crippen molar-refractivity contribution >= 4 is 5.82 Å². The number of hydrogen-bond acceptors (Lipinski definition) is 7. The zero-order valence-electron chi connectivity index (χ0n) is 13.0. The van der Waals surface area contributed by atoms with Crippen LogP contribution in [0.3, 0.4) is 0 Å². The van der Waals surface area contributed by atoms with E-state index in [0.29, 0.717) is 42.7 Å². The number of rotatable bonds is 3. The normalized spacial score (nSPS) is 19.6. The van der Waals surface area contributed by atoms with E-state index in [0.717, 1.165) is 6.54 Å². The van der Waals surface area contributed by atoms with Crippen molar-refractivity contribution in [1.82, 2.24) is 25.0 Å². The lowest BCUT2D eigenvalue weighted by molar-refractivity contribution is 0.177. The third-order valence-corrected chi connectivity index (χ3v) is 3.95. The number of nitrogens with zero attached hydrogens (tertiary/aromatic N) is 6. The molecule has 0 N–H and O–H groups in total. The number of aromatic nitrogens is 4. The molecule has 0 radical (unpaired) electrons. The minimum absolute atomic E-state index is 0.0746. The van der Waals surface area contributed by atoms with Crippen LogP contribution in [0.25, 0.3) is 0 Å². The summed E-state index contributed by atoms with van der Waals surface area (Å²) in [5.74, 6) is 1.16. The van der Waals surface area contributed by atoms with Gasteiger partial charge in [0.2, 0.25) is 5.89 Å². The van der Waals surface area contributed by atoms with E-state index in [4.69, 9.17) is 4.52 Å². The molecule has 22 heavy (non-hydrogen) atoms. The molecule has 1 saturated heterocycles. The Morgan fingerprint density at radius 2 is 2.18 bits per heavy atom. The summed E-state index contributed by atoms with van der Waals surface area (Å²) in [4.78, 5) is 16.4. The first-order valence-corrected chi connectivity index (χ1v) is 7.35. The maximum absolute atomic E-state index is 14.5. The van der Waals surface area contributed by atoms with Gasteiger partial charge in [-0.3, -0.25) is 4.90 Å². The number of aryl methyl sites for hydroxylation is 2. The largest absolute Gasteiger partial charge is 0.351 e. The third-order valence-electron chi connectivity index (χ3n) is 3.95. The van der Waals surface area contributed by atoms with E-state index in [1.165, 1.54) is 6.33 Å². The van der Waals surface area contributed by atoms with Gasteiger partial charge in [0, 0.05) is 19.6 Å². The summed E-state index contributed by atoms with van der Waals surface area (Å²) in [7, 11) is 2.00. The van der Waals surface area contributed by atoms with Crippen molar-refractivity contribution in [2.24, 2.45) is 0 Å². The second-order valence-electron chi connectivity index (χ2n) is 5.43. The van der Waals surface area contributed by atoms with E-state index in [9.17, 15) is 4.39 Å². The van der Waals surface area contributed by atoms with Gasteiger partial charge >= 0.3 is 0 Å². The molecule has 0 aliphatic carbocycles. The fourth-order valence-electron chi connectivity index (χ4n) is 2.64. The average molecular weight is 306 g/mol. The Balaban J connectivity index is 1.87. The zero-order chi connectivity index (χ0) is 15.7. The number of halogens is 1. The molecule has 8 heteroatoms. The minimum atomic E-state index is -0.338. The molecule has 2 aromatic rings. The molecule has 7 nitrogen and oxygen atoms in total. The minimum Gasteiger partial charge on any atom is -0.351 e. The predicted octanol–water partition coefficient (Wildman–Crippen LogP) is 1.36. The maximum atomic E-state index is 14.5. The summed E-state index contributed by atoms with van der Waals surface area (Å²) in [6.45, 7) is 5.66. The van der Waals surface area contributed by atoms with Crippen LogP contribution in [-0.4, -0.2) is 51.7 Å². The highest BCUT2D eigenvalue weighted by Crippen LogP contribution is 2.27. The summed E-state index contributed by atoms with van der Waals surface area (Å²) in [5.41, 5.74) is 0.439. The summed E-state index contributed by atoms with van der Waals surface area (Å²) in [6.07, 6.45) is 1.96. The van der Waals surface area contributed by atoms with Crippen molar-refractivity contribution in [2.75, 3.05) is 31.6 Å². The van der Waals surface area contributed by atoms with E-state index >= 15 is 0 Å². The Bertz CT molecular complexity index is 661. The van der Waals surface area contributed by atoms with Crippen molar-refractivity contribution in [3.8, 4) is 0 Å². The van der Waals surface area contributed by atoms with Gasteiger partial charge in [0.25, 0.3) is 0 Å². The molecule has 0 saturated carbocycles. The standard InChI is InChI=1S/C14H19FN6O/c1-4-10-12(15)13(17-8-16-10)21-6-5-20(3)11(7-21)14-18-9(2)19-22-14/h8,11H,4-7H2,1-3H3/t11-/m0/s1. The first-order chi connectivity index (χ1) is 10.6. The summed E-state index contributed by atoms with van der Waals surface area (Å²) in [6, 6.07) is -0.0746. The Hall–Kier alpha value is -2.09. The van der Waals surface area contributed by atoms with Crippen molar-refractivity contribution in [3.05, 3.63) is 29.6 Å². The molecule has 0 amide bonds. The van der Waals surface area contributed by atoms with Gasteiger partial charge in [0.15, 0.2) is 17.5 Å². The molecular weight excluding hydrogens is 287 g/mol. The highest BCUT2D eigenvalue weighted by atomic mass is 19.1. The second-order valence-corrected chi connectivity index (χ2v) is 5.43. The summed E-state index contributed by atoms with van der Waals surface area (Å²) < 4.78 is 19.7. The Morgan fingerprint density at radius 1 is 1.36 bits per heavy atom. The van der Waals surface area contributed by atoms with Gasteiger partial charge in [-0.15, -0.1) is 0 Å². The average Bonchev–Trinajstić information content (AvgIpc) is 2.94. The molecule has 3 heterocycles. The van der Waals surface area contributed by atoms with Crippen LogP contribution in [0.2, 0.25) is 0 Å². The highest BCUT2D eigenvalue weighted by Gasteiger charge is 2.31. The van der Waals surface area contributed by atoms with Crippen LogP contribution in [0.4, 0.5) is 10.2 Å². The van der Waals surface area contributed by atoms with Crippen LogP contribution < -0.4 is 4.90 Å². The van der Waals surface area contributed by atoms with Gasteiger partial charge in [-0.05, 0) is 20.4 Å². The van der Waals surface area contributed by atoms with Crippen molar-refractivity contribution in [2.45, 2.75) is 26.3 Å². The molecule has 3 rings (SSSR count). The molecular formula is C14H19FN6O. The van der Waals surface area contributed by atoms with E-state index < -0.39 is 0 Å². The van der Waals surface area contributed by atoms with Gasteiger partial charge in [-0.25, -0.2) is 14.4 Å². The van der Waals surface area contributed by atoms with Crippen LogP contribution in [0.1, 0.15) is 30.4 Å². The van der Waals surface area contributed by atoms with Gasteiger partial charge in [0.05, 0.1) is 5.69 Å². The van der Waals surface area contributed by atoms with Gasteiger partial charge in [0.1, 0.15) is 12.4 Å². The number of hydrogen-bond donors (Lipinski definition) is 0. The molecule has 1 aliphatic heterocycles. The highest BCUT2D eigenvalue weighted by molar-refractivity contribution is 5.42. The third kappa shape index (κ3) is 2.66. The van der Waals surface area contributed by atoms with Gasteiger partial charge < -0.3 is 9.42 Å². The molecule has 0 aromatic carbocycles. The summed E-state index contributed by atoms with van der Waals surface area (Å²) >= 11 is 0. The SMILES string of the molecule is CCc1ncnc(N2CCN(C)[C@H](c3nc(C)no3)C2)c1F. The van der Waals surface area contributed by atoms with Crippen molar-refractivity contribution < 1.29 is 8.91 Å². The molecule has 1 aliphatic rings. The molecule has 1 fully saturated rings. The fraction of sp³-hybridized carbons (Fsp3) is 0.571. The van der Waals surface area contributed by atoms with Crippen LogP contribution in [-0.2, 0) is 6.42 Å². The van der Waals surface area contributed by atoms with Crippen molar-refractivity contribution in [3.63, 3.8) is 0 Å². The maximum Gasteiger partial charge on any atom is 0.245 e. The van der Waals surface area contributed by atoms with Gasteiger partial charge in [-0.1, -0.05) is 12.1 Å². The topological polar surface area (TPSA) is 71.2 Å². The lowest BCUT2D eigenvalue weighted by Gasteiger charge is -2.38. The zero-order valence-corrected chi connectivity index (χ0v) is 13.0. The Kier molecular flexibility index (Phi) is 4.02. The Morgan fingerprint density at radius 3 is 2.86 bits per heavy atom. The van der Waals surface area contributed by atoms with Crippen molar-refractivity contribution in [1.29, 1.82) is 0 Å². The smallest absolute Gasteiger partial charge is 0.245 e. The molecule has 0 bridgehead atoms. The lowest BCUT2D eigenvalue weighted by atomic mass is 10.1. The monoisotopic (exact) mass is 306 g/mol. The van der Waals surface area contributed by atoms with Crippen LogP contribution in [0.15, 0.2) is 10.9 Å². The molecule has 0 spiro atoms. The predicted molar refractivity (Wildman–Crippen MR) is 78.0 cm³/mol. The van der Waals surface area contributed by atoms with Crippen LogP contribution in [0.5, 0.6) is 0 Å². The lowest BCUT2D eigenvalue weighted by Crippen LogP contribution is -2.47. The summed E-state index contributed by atoms with van der Waals surface area (Å²) in [5, 5.41) is 3.84. The number of anilines is 1. The fourth-order valence-corrected chi connectivity index (χ4v) is 2.64. The first-order valence-electron chi connectivity index (χ1n) is 7.35. The first kappa shape index (κ1) is 14.8. The quantitative estimate of drug-likeness (QED) is 0.848. The number of likely N-dealkylation sites (N-methyl/N-ethyl adjacent to an activating group) is 1. The van der Waals surface area contributed by atoms with Crippen LogP contribution >= 0.6 is 0 Å². The Labute approximate surface area is 128 Å². The van der Waals surface area contributed by atoms with E-state index in [-0.39, 0.29) is 11.9 Å². The molecule has 1 atom stereocenters. The van der Waals surface area contributed by atoms with E-state index in [1.807, 2.05) is 18.9 Å².